The van der Waals surface area contributed by atoms with Crippen molar-refractivity contribution < 1.29 is 4.74 Å². The first-order chi connectivity index (χ1) is 8.22. The molecule has 1 saturated heterocycles. The largest absolute Gasteiger partial charge is 0.376 e. The molecule has 1 aliphatic heterocycles. The lowest BCUT2D eigenvalue weighted by Crippen LogP contribution is -2.41. The van der Waals surface area contributed by atoms with Gasteiger partial charge in [0.25, 0.3) is 0 Å². The average Bonchev–Trinajstić information content (AvgIpc) is 2.70. The summed E-state index contributed by atoms with van der Waals surface area (Å²) in [5.74, 6) is 0. The molecule has 1 aromatic heterocycles. The van der Waals surface area contributed by atoms with E-state index in [-0.39, 0.29) is 0 Å². The first-order valence-electron chi connectivity index (χ1n) is 6.35. The molecule has 3 nitrogen and oxygen atoms in total. The smallest absolute Gasteiger partial charge is 0.0700 e. The maximum absolute atomic E-state index is 5.69. The summed E-state index contributed by atoms with van der Waals surface area (Å²) < 4.78 is 5.69. The molecule has 0 radical (unpaired) electrons. The van der Waals surface area contributed by atoms with E-state index in [9.17, 15) is 0 Å². The highest BCUT2D eigenvalue weighted by Crippen LogP contribution is 2.23. The molecule has 0 aromatic carbocycles. The highest BCUT2D eigenvalue weighted by molar-refractivity contribution is 7.12. The van der Waals surface area contributed by atoms with Gasteiger partial charge in [-0.05, 0) is 25.0 Å². The topological polar surface area (TPSA) is 38.5 Å². The van der Waals surface area contributed by atoms with Crippen LogP contribution >= 0.6 is 11.3 Å². The lowest BCUT2D eigenvalue weighted by molar-refractivity contribution is -0.0324. The van der Waals surface area contributed by atoms with Gasteiger partial charge in [0.15, 0.2) is 0 Å². The number of aryl methyl sites for hydroxylation is 1. The highest BCUT2D eigenvalue weighted by Gasteiger charge is 2.19. The minimum Gasteiger partial charge on any atom is -0.376 e. The van der Waals surface area contributed by atoms with Crippen LogP contribution in [0, 0.1) is 6.92 Å². The Morgan fingerprint density at radius 1 is 1.59 bits per heavy atom. The van der Waals surface area contributed by atoms with Crippen LogP contribution in [0.3, 0.4) is 0 Å². The zero-order valence-corrected chi connectivity index (χ0v) is 11.6. The molecule has 0 amide bonds. The van der Waals surface area contributed by atoms with Gasteiger partial charge in [-0.25, -0.2) is 0 Å². The van der Waals surface area contributed by atoms with Gasteiger partial charge in [-0.15, -0.1) is 11.3 Å². The van der Waals surface area contributed by atoms with Crippen LogP contribution in [-0.4, -0.2) is 30.7 Å². The third-order valence-corrected chi connectivity index (χ3v) is 4.46. The summed E-state index contributed by atoms with van der Waals surface area (Å²) in [6.07, 6.45) is 1.52. The molecular formula is C13H22N2OS. The Morgan fingerprint density at radius 3 is 3.06 bits per heavy atom. The van der Waals surface area contributed by atoms with E-state index >= 15 is 0 Å². The second kappa shape index (κ2) is 5.96. The lowest BCUT2D eigenvalue weighted by Gasteiger charge is -2.32. The molecule has 1 aliphatic rings. The predicted octanol–water partition coefficient (Wildman–Crippen LogP) is 2.13. The van der Waals surface area contributed by atoms with Crippen LogP contribution in [0.15, 0.2) is 6.07 Å². The minimum atomic E-state index is 0.414. The van der Waals surface area contributed by atoms with Gasteiger partial charge in [0.1, 0.15) is 0 Å². The Balaban J connectivity index is 1.97. The van der Waals surface area contributed by atoms with Crippen molar-refractivity contribution in [3.63, 3.8) is 0 Å². The third-order valence-electron chi connectivity index (χ3n) is 3.34. The molecule has 17 heavy (non-hydrogen) atoms. The van der Waals surface area contributed by atoms with Gasteiger partial charge < -0.3 is 10.5 Å². The number of ether oxygens (including phenoxy) is 1. The van der Waals surface area contributed by atoms with Crippen molar-refractivity contribution in [2.24, 2.45) is 5.73 Å². The minimum absolute atomic E-state index is 0.414. The van der Waals surface area contributed by atoms with Gasteiger partial charge in [-0.2, -0.15) is 0 Å². The average molecular weight is 254 g/mol. The number of morpholine rings is 1. The summed E-state index contributed by atoms with van der Waals surface area (Å²) in [7, 11) is 0. The summed E-state index contributed by atoms with van der Waals surface area (Å²) in [5, 5.41) is 0. The zero-order valence-electron chi connectivity index (χ0n) is 10.7. The molecule has 1 unspecified atom stereocenters. The fourth-order valence-corrected chi connectivity index (χ4v) is 3.19. The van der Waals surface area contributed by atoms with Crippen LogP contribution in [0.5, 0.6) is 0 Å². The molecule has 2 rings (SSSR count). The normalized spacial score (nSPS) is 21.9. The molecule has 96 valence electrons. The molecular weight excluding hydrogens is 232 g/mol. The van der Waals surface area contributed by atoms with Crippen molar-refractivity contribution >= 4 is 11.3 Å². The van der Waals surface area contributed by atoms with Gasteiger partial charge in [0, 0.05) is 35.9 Å². The molecule has 0 bridgehead atoms. The van der Waals surface area contributed by atoms with E-state index in [1.165, 1.54) is 15.3 Å². The van der Waals surface area contributed by atoms with Gasteiger partial charge in [0.2, 0.25) is 0 Å². The molecule has 0 aliphatic carbocycles. The van der Waals surface area contributed by atoms with Crippen molar-refractivity contribution in [2.75, 3.05) is 19.7 Å². The quantitative estimate of drug-likeness (QED) is 0.894. The van der Waals surface area contributed by atoms with Gasteiger partial charge in [-0.3, -0.25) is 4.90 Å². The van der Waals surface area contributed by atoms with Crippen LogP contribution in [0.25, 0.3) is 0 Å². The summed E-state index contributed by atoms with van der Waals surface area (Å²) in [5.41, 5.74) is 7.12. The van der Waals surface area contributed by atoms with Gasteiger partial charge in [-0.1, -0.05) is 6.92 Å². The molecule has 2 N–H and O–H groups in total. The second-order valence-corrected chi connectivity index (χ2v) is 5.98. The monoisotopic (exact) mass is 254 g/mol. The molecule has 0 spiro atoms. The van der Waals surface area contributed by atoms with Crippen LogP contribution in [-0.2, 0) is 17.8 Å². The van der Waals surface area contributed by atoms with Crippen molar-refractivity contribution in [3.8, 4) is 0 Å². The predicted molar refractivity (Wildman–Crippen MR) is 72.3 cm³/mol. The fraction of sp³-hybridized carbons (Fsp3) is 0.692. The molecule has 0 saturated carbocycles. The first kappa shape index (κ1) is 13.0. The fourth-order valence-electron chi connectivity index (χ4n) is 2.26. The van der Waals surface area contributed by atoms with Crippen LogP contribution < -0.4 is 5.73 Å². The summed E-state index contributed by atoms with van der Waals surface area (Å²) >= 11 is 1.83. The van der Waals surface area contributed by atoms with E-state index in [0.29, 0.717) is 12.6 Å². The number of hydrogen-bond donors (Lipinski definition) is 1. The summed E-state index contributed by atoms with van der Waals surface area (Å²) in [4.78, 5) is 5.19. The van der Waals surface area contributed by atoms with E-state index < -0.39 is 0 Å². The van der Waals surface area contributed by atoms with Crippen LogP contribution in [0.2, 0.25) is 0 Å². The summed E-state index contributed by atoms with van der Waals surface area (Å²) in [6, 6.07) is 2.26. The Labute approximate surface area is 108 Å². The van der Waals surface area contributed by atoms with E-state index in [1.54, 1.807) is 0 Å². The Hall–Kier alpha value is -0.420. The van der Waals surface area contributed by atoms with E-state index in [0.717, 1.165) is 32.7 Å². The number of nitrogens with two attached hydrogens (primary N) is 1. The molecule has 2 heterocycles. The van der Waals surface area contributed by atoms with E-state index in [4.69, 9.17) is 10.5 Å². The van der Waals surface area contributed by atoms with E-state index in [1.807, 2.05) is 11.3 Å². The Bertz CT molecular complexity index is 364. The van der Waals surface area contributed by atoms with Crippen molar-refractivity contribution in [2.45, 2.75) is 39.5 Å². The second-order valence-electron chi connectivity index (χ2n) is 4.63. The maximum Gasteiger partial charge on any atom is 0.0700 e. The van der Waals surface area contributed by atoms with Gasteiger partial charge >= 0.3 is 0 Å². The molecule has 1 aromatic rings. The van der Waals surface area contributed by atoms with Crippen molar-refractivity contribution in [1.82, 2.24) is 4.90 Å². The third kappa shape index (κ3) is 3.28. The highest BCUT2D eigenvalue weighted by atomic mass is 32.1. The Morgan fingerprint density at radius 2 is 2.41 bits per heavy atom. The zero-order chi connectivity index (χ0) is 12.3. The number of thiophene rings is 1. The molecule has 4 heteroatoms. The lowest BCUT2D eigenvalue weighted by atomic mass is 10.2. The first-order valence-corrected chi connectivity index (χ1v) is 7.16. The van der Waals surface area contributed by atoms with Crippen molar-refractivity contribution in [1.29, 1.82) is 0 Å². The SMILES string of the molecule is CCC1CN(Cc2cc(CN)sc2C)CCO1. The van der Waals surface area contributed by atoms with Crippen molar-refractivity contribution in [3.05, 3.63) is 21.4 Å². The summed E-state index contributed by atoms with van der Waals surface area (Å²) in [6.45, 7) is 9.06. The maximum atomic E-state index is 5.69. The number of nitrogens with zero attached hydrogens (tertiary/aromatic N) is 1. The van der Waals surface area contributed by atoms with Crippen LogP contribution in [0.1, 0.15) is 28.7 Å². The van der Waals surface area contributed by atoms with Crippen LogP contribution in [0.4, 0.5) is 0 Å². The number of rotatable bonds is 4. The number of hydrogen-bond acceptors (Lipinski definition) is 4. The molecule has 1 fully saturated rings. The van der Waals surface area contributed by atoms with E-state index in [2.05, 4.69) is 24.8 Å². The molecule has 1 atom stereocenters. The standard InChI is InChI=1S/C13H22N2OS/c1-3-12-9-15(4-5-16-12)8-11-6-13(7-14)17-10(11)2/h6,12H,3-5,7-9,14H2,1-2H3. The van der Waals surface area contributed by atoms with Gasteiger partial charge in [0.05, 0.1) is 12.7 Å². The Kier molecular flexibility index (Phi) is 4.56.